The Hall–Kier alpha value is -1.51. The molecule has 0 aromatic rings. The van der Waals surface area contributed by atoms with Gasteiger partial charge in [-0.25, -0.2) is 4.79 Å². The molecule has 0 fully saturated rings. The smallest absolute Gasteiger partial charge is 0.395 e. The zero-order valence-corrected chi connectivity index (χ0v) is 6.13. The summed E-state index contributed by atoms with van der Waals surface area (Å²) in [6.45, 7) is 0. The summed E-state index contributed by atoms with van der Waals surface area (Å²) in [5, 5.41) is 7.14. The minimum atomic E-state index is -0.370. The van der Waals surface area contributed by atoms with E-state index in [0.29, 0.717) is 11.3 Å². The van der Waals surface area contributed by atoms with Gasteiger partial charge in [0.25, 0.3) is 0 Å². The van der Waals surface area contributed by atoms with E-state index in [0.717, 1.165) is 0 Å². The maximum Gasteiger partial charge on any atom is 0.395 e. The van der Waals surface area contributed by atoms with E-state index < -0.39 is 0 Å². The van der Waals surface area contributed by atoms with E-state index >= 15 is 0 Å². The molecule has 0 aromatic carbocycles. The van der Waals surface area contributed by atoms with Gasteiger partial charge in [0.2, 0.25) is 0 Å². The zero-order valence-electron chi connectivity index (χ0n) is 6.13. The molecule has 0 radical (unpaired) electrons. The van der Waals surface area contributed by atoms with Gasteiger partial charge in [-0.1, -0.05) is 0 Å². The summed E-state index contributed by atoms with van der Waals surface area (Å²) in [5.41, 5.74) is 0.862. The third-order valence-electron chi connectivity index (χ3n) is 1.31. The summed E-state index contributed by atoms with van der Waals surface area (Å²) in [5.74, 6) is -0.370. The van der Waals surface area contributed by atoms with Gasteiger partial charge in [-0.05, 0) is 0 Å². The fourth-order valence-electron chi connectivity index (χ4n) is 0.724. The average molecular weight is 150 g/mol. The molecule has 1 aliphatic carbocycles. The van der Waals surface area contributed by atoms with Crippen LogP contribution in [0.5, 0.6) is 0 Å². The second-order valence-electron chi connectivity index (χ2n) is 2.07. The predicted molar refractivity (Wildman–Crippen MR) is 41.3 cm³/mol. The molecule has 0 heterocycles. The number of nitrogens with one attached hydrogen (secondary N) is 1. The molecule has 1 rings (SSSR count). The lowest BCUT2D eigenvalue weighted by atomic mass is 10.1. The van der Waals surface area contributed by atoms with E-state index in [2.05, 4.69) is 4.74 Å². The fourth-order valence-corrected chi connectivity index (χ4v) is 0.724. The van der Waals surface area contributed by atoms with Crippen molar-refractivity contribution in [3.63, 3.8) is 0 Å². The third kappa shape index (κ3) is 1.70. The van der Waals surface area contributed by atoms with E-state index in [1.54, 1.807) is 24.6 Å². The van der Waals surface area contributed by atoms with Crippen LogP contribution in [-0.2, 0) is 9.53 Å². The summed E-state index contributed by atoms with van der Waals surface area (Å²) < 4.78 is 4.48. The highest BCUT2D eigenvalue weighted by molar-refractivity contribution is 6.06. The molecule has 3 heteroatoms. The van der Waals surface area contributed by atoms with Crippen molar-refractivity contribution in [1.29, 1.82) is 5.41 Å². The molecule has 1 N–H and O–H groups in total. The summed E-state index contributed by atoms with van der Waals surface area (Å²) in [6.07, 6.45) is 6.22. The monoisotopic (exact) mass is 150 g/mol. The van der Waals surface area contributed by atoms with Crippen molar-refractivity contribution in [3.8, 4) is 0 Å². The molecule has 0 aromatic heterocycles. The third-order valence-corrected chi connectivity index (χ3v) is 1.31. The summed E-state index contributed by atoms with van der Waals surface area (Å²) in [6, 6.07) is 0. The Bertz CT molecular complexity index is 251. The predicted octanol–water partition coefficient (Wildman–Crippen LogP) is 0.880. The normalized spacial score (nSPS) is 15.4. The van der Waals surface area contributed by atoms with Crippen molar-refractivity contribution < 1.29 is 9.53 Å². The molecular formula is C8H8NO2+. The van der Waals surface area contributed by atoms with Crippen LogP contribution in [0.1, 0.15) is 0 Å². The first-order valence-electron chi connectivity index (χ1n) is 3.14. The Balaban J connectivity index is 2.70. The van der Waals surface area contributed by atoms with Gasteiger partial charge in [-0.2, -0.15) is 0 Å². The first-order valence-corrected chi connectivity index (χ1v) is 3.14. The Kier molecular flexibility index (Phi) is 2.11. The Morgan fingerprint density at radius 1 is 1.64 bits per heavy atom. The lowest BCUT2D eigenvalue weighted by Gasteiger charge is -1.96. The SMILES string of the molecule is COC(=O)C1=C[CH+]C(=N)C=C1. The van der Waals surface area contributed by atoms with Gasteiger partial charge in [0.05, 0.1) is 31.8 Å². The Morgan fingerprint density at radius 2 is 2.36 bits per heavy atom. The second kappa shape index (κ2) is 3.05. The number of methoxy groups -OCH3 is 1. The number of allylic oxidation sites excluding steroid dienone is 2. The van der Waals surface area contributed by atoms with Gasteiger partial charge >= 0.3 is 5.97 Å². The first kappa shape index (κ1) is 7.60. The van der Waals surface area contributed by atoms with Crippen LogP contribution in [0.15, 0.2) is 23.8 Å². The minimum Gasteiger partial charge on any atom is -0.455 e. The molecule has 0 aliphatic heterocycles. The average Bonchev–Trinajstić information content (AvgIpc) is 2.05. The Labute approximate surface area is 64.9 Å². The Morgan fingerprint density at radius 3 is 2.82 bits per heavy atom. The largest absolute Gasteiger partial charge is 0.455 e. The molecule has 3 nitrogen and oxygen atoms in total. The maximum absolute atomic E-state index is 10.8. The van der Waals surface area contributed by atoms with Crippen LogP contribution in [-0.4, -0.2) is 18.8 Å². The topological polar surface area (TPSA) is 50.2 Å². The van der Waals surface area contributed by atoms with Crippen LogP contribution in [0.25, 0.3) is 0 Å². The van der Waals surface area contributed by atoms with Crippen LogP contribution in [0, 0.1) is 11.8 Å². The molecule has 1 aliphatic rings. The highest BCUT2D eigenvalue weighted by Gasteiger charge is 2.17. The summed E-state index contributed by atoms with van der Waals surface area (Å²) in [7, 11) is 1.33. The summed E-state index contributed by atoms with van der Waals surface area (Å²) >= 11 is 0. The van der Waals surface area contributed by atoms with E-state index in [-0.39, 0.29) is 5.97 Å². The molecule has 0 saturated heterocycles. The lowest BCUT2D eigenvalue weighted by Crippen LogP contribution is -2.07. The van der Waals surface area contributed by atoms with Crippen molar-refractivity contribution in [2.24, 2.45) is 0 Å². The standard InChI is InChI=1S/C8H8NO2/c1-11-8(10)6-2-4-7(9)5-3-6/h2-5,9H,1H3/q+1. The van der Waals surface area contributed by atoms with E-state index in [1.165, 1.54) is 7.11 Å². The van der Waals surface area contributed by atoms with Crippen molar-refractivity contribution in [2.45, 2.75) is 0 Å². The quantitative estimate of drug-likeness (QED) is 0.445. The molecule has 0 atom stereocenters. The number of carbonyl (C=O) groups excluding carboxylic acids is 1. The lowest BCUT2D eigenvalue weighted by molar-refractivity contribution is -0.135. The first-order chi connectivity index (χ1) is 5.24. The maximum atomic E-state index is 10.8. The summed E-state index contributed by atoms with van der Waals surface area (Å²) in [4.78, 5) is 10.8. The van der Waals surface area contributed by atoms with Crippen molar-refractivity contribution >= 4 is 11.7 Å². The number of hydrogen-bond donors (Lipinski definition) is 1. The molecular weight excluding hydrogens is 142 g/mol. The van der Waals surface area contributed by atoms with Gasteiger partial charge in [-0.15, -0.1) is 0 Å². The molecule has 56 valence electrons. The zero-order chi connectivity index (χ0) is 8.27. The van der Waals surface area contributed by atoms with Crippen molar-refractivity contribution in [1.82, 2.24) is 0 Å². The van der Waals surface area contributed by atoms with E-state index in [9.17, 15) is 4.79 Å². The fraction of sp³-hybridized carbons (Fsp3) is 0.125. The van der Waals surface area contributed by atoms with Gasteiger partial charge in [-0.3, -0.25) is 5.41 Å². The molecule has 0 saturated carbocycles. The molecule has 0 spiro atoms. The van der Waals surface area contributed by atoms with Gasteiger partial charge in [0.15, 0.2) is 11.3 Å². The molecule has 0 bridgehead atoms. The van der Waals surface area contributed by atoms with Crippen LogP contribution in [0.2, 0.25) is 0 Å². The van der Waals surface area contributed by atoms with Crippen LogP contribution in [0.3, 0.4) is 0 Å². The second-order valence-corrected chi connectivity index (χ2v) is 2.07. The van der Waals surface area contributed by atoms with Crippen molar-refractivity contribution in [3.05, 3.63) is 30.2 Å². The van der Waals surface area contributed by atoms with Crippen LogP contribution in [0.4, 0.5) is 0 Å². The van der Waals surface area contributed by atoms with Gasteiger partial charge < -0.3 is 4.74 Å². The van der Waals surface area contributed by atoms with Crippen molar-refractivity contribution in [2.75, 3.05) is 7.11 Å². The van der Waals surface area contributed by atoms with E-state index in [1.807, 2.05) is 0 Å². The number of carbonyl (C=O) groups is 1. The number of rotatable bonds is 1. The number of ether oxygens (including phenoxy) is 1. The molecule has 11 heavy (non-hydrogen) atoms. The van der Waals surface area contributed by atoms with Gasteiger partial charge in [0, 0.05) is 0 Å². The molecule has 0 amide bonds. The van der Waals surface area contributed by atoms with Gasteiger partial charge in [0.1, 0.15) is 0 Å². The van der Waals surface area contributed by atoms with E-state index in [4.69, 9.17) is 5.41 Å². The van der Waals surface area contributed by atoms with Crippen LogP contribution >= 0.6 is 0 Å². The highest BCUT2D eigenvalue weighted by Crippen LogP contribution is 2.07. The molecule has 0 unspecified atom stereocenters. The number of esters is 1. The number of hydrogen-bond acceptors (Lipinski definition) is 3. The minimum absolute atomic E-state index is 0.370. The van der Waals surface area contributed by atoms with Crippen LogP contribution < -0.4 is 0 Å². The highest BCUT2D eigenvalue weighted by atomic mass is 16.5.